The molecule has 1 aliphatic rings. The molecule has 0 saturated carbocycles. The molecule has 0 bridgehead atoms. The largest absolute Gasteiger partial charge is 0.497 e. The number of amides is 1. The van der Waals surface area contributed by atoms with Crippen LogP contribution in [0.1, 0.15) is 18.1 Å². The quantitative estimate of drug-likeness (QED) is 0.101. The van der Waals surface area contributed by atoms with Crippen LogP contribution in [-0.4, -0.2) is 55.1 Å². The van der Waals surface area contributed by atoms with Crippen LogP contribution in [0.4, 0.5) is 14.9 Å². The molecule has 1 saturated heterocycles. The molecule has 44 heavy (non-hydrogen) atoms. The van der Waals surface area contributed by atoms with Gasteiger partial charge in [-0.2, -0.15) is 0 Å². The van der Waals surface area contributed by atoms with Crippen LogP contribution in [0.2, 0.25) is 0 Å². The Morgan fingerprint density at radius 3 is 2.27 bits per heavy atom. The van der Waals surface area contributed by atoms with Gasteiger partial charge in [0.2, 0.25) is 0 Å². The molecule has 238 valence electrons. The van der Waals surface area contributed by atoms with Gasteiger partial charge in [-0.1, -0.05) is 66.5 Å². The molecular weight excluding hydrogens is 610 g/mol. The van der Waals surface area contributed by atoms with Gasteiger partial charge >= 0.3 is 6.09 Å². The van der Waals surface area contributed by atoms with E-state index in [1.807, 2.05) is 48.5 Å². The topological polar surface area (TPSA) is 149 Å². The van der Waals surface area contributed by atoms with E-state index in [2.05, 4.69) is 12.2 Å². The third kappa shape index (κ3) is 12.0. The summed E-state index contributed by atoms with van der Waals surface area (Å²) in [5.74, 6) is 6.09. The molecule has 1 fully saturated rings. The summed E-state index contributed by atoms with van der Waals surface area (Å²) >= 11 is 9.72. The first-order valence-electron chi connectivity index (χ1n) is 13.7. The minimum atomic E-state index is -0.852. The standard InChI is InChI=1S/C19H22FN3O2.C10H15N3O.C2H2Cl2O/c1-2-22-11-13-3-5-14(6-4-13)17-8-7-15(9-18(17)20)23-12-16(10-21)25-19(23)24;1-14-10-4-2-9(3-5-10)8-13(12)7-6-11;3-2(4)1-5/h3-9,16,22H,2,10-12,21H2,1H3;2-7H,8,11-12H2,1H3;1-2H/b;7-6-;. The number of benzene rings is 3. The Bertz CT molecular complexity index is 1330. The summed E-state index contributed by atoms with van der Waals surface area (Å²) < 4.78 is 24.7. The van der Waals surface area contributed by atoms with E-state index in [9.17, 15) is 14.0 Å². The molecule has 1 unspecified atom stereocenters. The Morgan fingerprint density at radius 1 is 1.14 bits per heavy atom. The highest BCUT2D eigenvalue weighted by Gasteiger charge is 2.31. The zero-order valence-corrected chi connectivity index (χ0v) is 26.2. The molecule has 0 aromatic heterocycles. The van der Waals surface area contributed by atoms with Gasteiger partial charge in [-0.15, -0.1) is 0 Å². The molecule has 3 aromatic carbocycles. The zero-order valence-electron chi connectivity index (χ0n) is 24.7. The Labute approximate surface area is 267 Å². The number of ether oxygens (including phenoxy) is 2. The number of methoxy groups -OCH3 is 1. The lowest BCUT2D eigenvalue weighted by atomic mass is 10.0. The van der Waals surface area contributed by atoms with Gasteiger partial charge in [0, 0.05) is 31.1 Å². The second-order valence-electron chi connectivity index (χ2n) is 9.33. The first-order valence-corrected chi connectivity index (χ1v) is 14.6. The number of aldehydes is 1. The third-order valence-electron chi connectivity index (χ3n) is 6.15. The molecule has 7 N–H and O–H groups in total. The van der Waals surface area contributed by atoms with Crippen molar-refractivity contribution in [2.45, 2.75) is 31.0 Å². The number of anilines is 1. The highest BCUT2D eigenvalue weighted by atomic mass is 35.5. The lowest BCUT2D eigenvalue weighted by Gasteiger charge is -2.14. The fourth-order valence-electron chi connectivity index (χ4n) is 3.94. The normalized spacial score (nSPS) is 14.0. The van der Waals surface area contributed by atoms with Gasteiger partial charge in [-0.25, -0.2) is 15.0 Å². The summed E-state index contributed by atoms with van der Waals surface area (Å²) in [7, 11) is 1.64. The molecule has 1 heterocycles. The number of halogens is 3. The first kappa shape index (κ1) is 36.3. The molecule has 0 radical (unpaired) electrons. The molecular formula is C31H39Cl2FN6O4. The molecule has 0 aliphatic carbocycles. The van der Waals surface area contributed by atoms with Crippen molar-refractivity contribution < 1.29 is 23.5 Å². The fraction of sp³-hybridized carbons (Fsp3) is 0.290. The van der Waals surface area contributed by atoms with Crippen molar-refractivity contribution in [1.82, 2.24) is 10.3 Å². The smallest absolute Gasteiger partial charge is 0.414 e. The number of hydrogen-bond donors (Lipinski definition) is 4. The second kappa shape index (κ2) is 19.4. The van der Waals surface area contributed by atoms with E-state index >= 15 is 0 Å². The summed E-state index contributed by atoms with van der Waals surface area (Å²) in [4.78, 5) is 21.6. The van der Waals surface area contributed by atoms with E-state index in [1.54, 1.807) is 25.4 Å². The van der Waals surface area contributed by atoms with Crippen molar-refractivity contribution in [3.8, 4) is 16.9 Å². The molecule has 4 rings (SSSR count). The maximum atomic E-state index is 14.6. The monoisotopic (exact) mass is 648 g/mol. The van der Waals surface area contributed by atoms with Crippen molar-refractivity contribution in [2.24, 2.45) is 17.3 Å². The summed E-state index contributed by atoms with van der Waals surface area (Å²) in [6.45, 7) is 4.96. The van der Waals surface area contributed by atoms with E-state index < -0.39 is 10.9 Å². The van der Waals surface area contributed by atoms with Crippen LogP contribution < -0.4 is 32.3 Å². The number of hydrogen-bond acceptors (Lipinski definition) is 9. The average Bonchev–Trinajstić information content (AvgIpc) is 3.42. The summed E-state index contributed by atoms with van der Waals surface area (Å²) in [6.07, 6.45) is 2.63. The number of rotatable bonds is 11. The number of nitrogens with one attached hydrogen (secondary N) is 1. The van der Waals surface area contributed by atoms with Gasteiger partial charge in [0.1, 0.15) is 17.7 Å². The van der Waals surface area contributed by atoms with Crippen molar-refractivity contribution in [1.29, 1.82) is 0 Å². The van der Waals surface area contributed by atoms with Gasteiger partial charge in [-0.05, 0) is 53.6 Å². The lowest BCUT2D eigenvalue weighted by molar-refractivity contribution is -0.106. The van der Waals surface area contributed by atoms with Crippen LogP contribution in [0.25, 0.3) is 11.1 Å². The second-order valence-corrected chi connectivity index (χ2v) is 10.5. The van der Waals surface area contributed by atoms with Crippen molar-refractivity contribution in [3.63, 3.8) is 0 Å². The number of carbonyl (C=O) groups is 2. The average molecular weight is 650 g/mol. The highest BCUT2D eigenvalue weighted by Crippen LogP contribution is 2.29. The zero-order chi connectivity index (χ0) is 32.5. The third-order valence-corrected chi connectivity index (χ3v) is 6.36. The number of cyclic esters (lactones) is 1. The van der Waals surface area contributed by atoms with Crippen LogP contribution >= 0.6 is 23.2 Å². The Balaban J connectivity index is 0.000000299. The number of nitrogens with zero attached hydrogens (tertiary/aromatic N) is 2. The van der Waals surface area contributed by atoms with Crippen molar-refractivity contribution >= 4 is 41.3 Å². The van der Waals surface area contributed by atoms with E-state index in [-0.39, 0.29) is 18.5 Å². The van der Waals surface area contributed by atoms with Gasteiger partial charge in [0.25, 0.3) is 0 Å². The lowest BCUT2D eigenvalue weighted by Crippen LogP contribution is -2.27. The van der Waals surface area contributed by atoms with E-state index in [1.165, 1.54) is 22.2 Å². The Hall–Kier alpha value is -3.87. The van der Waals surface area contributed by atoms with Crippen molar-refractivity contribution in [2.75, 3.05) is 31.6 Å². The number of nitrogens with two attached hydrogens (primary N) is 3. The Morgan fingerprint density at radius 2 is 1.77 bits per heavy atom. The molecule has 1 amide bonds. The summed E-state index contributed by atoms with van der Waals surface area (Å²) in [5.41, 5.74) is 14.8. The predicted molar refractivity (Wildman–Crippen MR) is 173 cm³/mol. The number of carbonyl (C=O) groups excluding carboxylic acids is 2. The molecule has 10 nitrogen and oxygen atoms in total. The number of hydrazine groups is 1. The maximum Gasteiger partial charge on any atom is 0.414 e. The Kier molecular flexibility index (Phi) is 16.0. The van der Waals surface area contributed by atoms with Crippen LogP contribution in [0.3, 0.4) is 0 Å². The van der Waals surface area contributed by atoms with Crippen LogP contribution in [-0.2, 0) is 22.6 Å². The molecule has 1 atom stereocenters. The van der Waals surface area contributed by atoms with Crippen LogP contribution in [0.15, 0.2) is 79.1 Å². The molecule has 0 spiro atoms. The fourth-order valence-corrected chi connectivity index (χ4v) is 3.94. The van der Waals surface area contributed by atoms with Gasteiger partial charge in [-0.3, -0.25) is 4.90 Å². The summed E-state index contributed by atoms with van der Waals surface area (Å²) in [5, 5.41) is 4.77. The number of alkyl halides is 2. The van der Waals surface area contributed by atoms with Gasteiger partial charge < -0.3 is 36.1 Å². The first-order chi connectivity index (χ1) is 21.1. The van der Waals surface area contributed by atoms with Gasteiger partial charge in [0.15, 0.2) is 11.1 Å². The minimum absolute atomic E-state index is 0.252. The van der Waals surface area contributed by atoms with E-state index in [0.717, 1.165) is 35.5 Å². The summed E-state index contributed by atoms with van der Waals surface area (Å²) in [6, 6.07) is 20.3. The van der Waals surface area contributed by atoms with E-state index in [4.69, 9.17) is 50.0 Å². The minimum Gasteiger partial charge on any atom is -0.497 e. The van der Waals surface area contributed by atoms with Crippen LogP contribution in [0, 0.1) is 5.82 Å². The molecule has 3 aromatic rings. The van der Waals surface area contributed by atoms with Crippen molar-refractivity contribution in [3.05, 3.63) is 96.1 Å². The molecule has 1 aliphatic heterocycles. The van der Waals surface area contributed by atoms with Gasteiger partial charge in [0.05, 0.1) is 25.9 Å². The maximum absolute atomic E-state index is 14.6. The van der Waals surface area contributed by atoms with E-state index in [0.29, 0.717) is 30.6 Å². The molecule has 13 heteroatoms. The highest BCUT2D eigenvalue weighted by molar-refractivity contribution is 6.51. The predicted octanol–water partition coefficient (Wildman–Crippen LogP) is 4.68. The van der Waals surface area contributed by atoms with Crippen LogP contribution in [0.5, 0.6) is 5.75 Å². The SMILES string of the molecule is CCNCc1ccc(-c2ccc(N3CC(CN)OC3=O)cc2F)cc1.COc1ccc(CN(N)/C=C\N)cc1.O=CC(Cl)Cl.